The lowest BCUT2D eigenvalue weighted by molar-refractivity contribution is 0.264. The molecule has 1 rings (SSSR count). The van der Waals surface area contributed by atoms with Crippen molar-refractivity contribution in [1.82, 2.24) is 19.5 Å². The number of rotatable bonds is 5. The number of nitrogens with zero attached hydrogens (tertiary/aromatic N) is 3. The van der Waals surface area contributed by atoms with Crippen molar-refractivity contribution in [3.63, 3.8) is 0 Å². The van der Waals surface area contributed by atoms with Crippen LogP contribution in [0, 0.1) is 0 Å². The van der Waals surface area contributed by atoms with Gasteiger partial charge in [-0.15, -0.1) is 10.2 Å². The van der Waals surface area contributed by atoms with Crippen LogP contribution in [-0.2, 0) is 23.2 Å². The van der Waals surface area contributed by atoms with E-state index in [1.54, 1.807) is 4.57 Å². The number of aliphatic hydroxyl groups is 1. The summed E-state index contributed by atoms with van der Waals surface area (Å²) in [7, 11) is -3.16. The Morgan fingerprint density at radius 1 is 1.64 bits per heavy atom. The van der Waals surface area contributed by atoms with E-state index >= 15 is 0 Å². The molecule has 0 atom stereocenters. The number of nitrogens with one attached hydrogen (secondary N) is 1. The van der Waals surface area contributed by atoms with Gasteiger partial charge in [-0.1, -0.05) is 0 Å². The SMILES string of the molecule is CS(=O)(=O)NCCn1cnnc1CO. The minimum atomic E-state index is -3.16. The van der Waals surface area contributed by atoms with Gasteiger partial charge in [-0.25, -0.2) is 13.1 Å². The molecular formula is C6H12N4O3S. The maximum atomic E-state index is 10.7. The van der Waals surface area contributed by atoms with Gasteiger partial charge in [-0.2, -0.15) is 0 Å². The Bertz CT molecular complexity index is 386. The predicted molar refractivity (Wildman–Crippen MR) is 48.8 cm³/mol. The fraction of sp³-hybridized carbons (Fsp3) is 0.667. The van der Waals surface area contributed by atoms with Crippen LogP contribution in [0.3, 0.4) is 0 Å². The third kappa shape index (κ3) is 3.40. The van der Waals surface area contributed by atoms with Gasteiger partial charge >= 0.3 is 0 Å². The van der Waals surface area contributed by atoms with Crippen LogP contribution >= 0.6 is 0 Å². The lowest BCUT2D eigenvalue weighted by Gasteiger charge is -2.04. The maximum absolute atomic E-state index is 10.7. The first kappa shape index (κ1) is 11.1. The summed E-state index contributed by atoms with van der Waals surface area (Å²) in [4.78, 5) is 0. The van der Waals surface area contributed by atoms with E-state index in [-0.39, 0.29) is 13.2 Å². The topological polar surface area (TPSA) is 97.1 Å². The van der Waals surface area contributed by atoms with Crippen LogP contribution < -0.4 is 4.72 Å². The Balaban J connectivity index is 2.46. The molecule has 0 aliphatic carbocycles. The molecule has 0 aliphatic heterocycles. The molecule has 0 bridgehead atoms. The Morgan fingerprint density at radius 2 is 2.36 bits per heavy atom. The Labute approximate surface area is 81.8 Å². The standard InChI is InChI=1S/C6H12N4O3S/c1-14(12,13)8-2-3-10-5-7-9-6(10)4-11/h5,8,11H,2-4H2,1H3. The number of aromatic nitrogens is 3. The molecule has 0 amide bonds. The van der Waals surface area contributed by atoms with Crippen LogP contribution in [0.15, 0.2) is 6.33 Å². The molecule has 1 heterocycles. The first-order chi connectivity index (χ1) is 6.53. The third-order valence-corrected chi connectivity index (χ3v) is 2.28. The first-order valence-electron chi connectivity index (χ1n) is 3.95. The Hall–Kier alpha value is -0.990. The van der Waals surface area contributed by atoms with E-state index in [0.717, 1.165) is 6.26 Å². The zero-order valence-electron chi connectivity index (χ0n) is 7.71. The normalized spacial score (nSPS) is 11.9. The Morgan fingerprint density at radius 3 is 2.93 bits per heavy atom. The van der Waals surface area contributed by atoms with Crippen molar-refractivity contribution in [3.05, 3.63) is 12.2 Å². The molecule has 0 fully saturated rings. The highest BCUT2D eigenvalue weighted by Crippen LogP contribution is 1.93. The van der Waals surface area contributed by atoms with Crippen molar-refractivity contribution >= 4 is 10.0 Å². The van der Waals surface area contributed by atoms with Gasteiger partial charge in [0.05, 0.1) is 6.26 Å². The van der Waals surface area contributed by atoms with E-state index in [2.05, 4.69) is 14.9 Å². The van der Waals surface area contributed by atoms with Crippen molar-refractivity contribution in [2.75, 3.05) is 12.8 Å². The first-order valence-corrected chi connectivity index (χ1v) is 5.84. The largest absolute Gasteiger partial charge is 0.388 e. The molecule has 0 radical (unpaired) electrons. The summed E-state index contributed by atoms with van der Waals surface area (Å²) in [6.07, 6.45) is 2.53. The number of sulfonamides is 1. The molecule has 2 N–H and O–H groups in total. The highest BCUT2D eigenvalue weighted by atomic mass is 32.2. The van der Waals surface area contributed by atoms with Crippen molar-refractivity contribution in [1.29, 1.82) is 0 Å². The summed E-state index contributed by atoms with van der Waals surface area (Å²) >= 11 is 0. The van der Waals surface area contributed by atoms with Crippen LogP contribution in [0.2, 0.25) is 0 Å². The van der Waals surface area contributed by atoms with Crippen LogP contribution in [0.4, 0.5) is 0 Å². The molecule has 7 nitrogen and oxygen atoms in total. The number of hydrogen-bond donors (Lipinski definition) is 2. The van der Waals surface area contributed by atoms with E-state index in [9.17, 15) is 8.42 Å². The zero-order valence-corrected chi connectivity index (χ0v) is 8.53. The van der Waals surface area contributed by atoms with Crippen molar-refractivity contribution in [2.45, 2.75) is 13.2 Å². The minimum Gasteiger partial charge on any atom is -0.388 e. The molecule has 8 heteroatoms. The molecule has 0 saturated carbocycles. The molecule has 0 aliphatic rings. The van der Waals surface area contributed by atoms with Crippen molar-refractivity contribution < 1.29 is 13.5 Å². The third-order valence-electron chi connectivity index (χ3n) is 1.55. The average molecular weight is 220 g/mol. The zero-order chi connectivity index (χ0) is 10.6. The molecule has 1 aromatic heterocycles. The van der Waals surface area contributed by atoms with Gasteiger partial charge in [0.25, 0.3) is 0 Å². The van der Waals surface area contributed by atoms with E-state index in [1.807, 2.05) is 0 Å². The minimum absolute atomic E-state index is 0.209. The van der Waals surface area contributed by atoms with E-state index in [4.69, 9.17) is 5.11 Å². The second kappa shape index (κ2) is 4.49. The van der Waals surface area contributed by atoms with Gasteiger partial charge in [0.15, 0.2) is 5.82 Å². The van der Waals surface area contributed by atoms with Gasteiger partial charge in [0.2, 0.25) is 10.0 Å². The second-order valence-electron chi connectivity index (χ2n) is 2.77. The Kier molecular flexibility index (Phi) is 3.55. The molecule has 14 heavy (non-hydrogen) atoms. The van der Waals surface area contributed by atoms with Crippen molar-refractivity contribution in [3.8, 4) is 0 Å². The van der Waals surface area contributed by atoms with Crippen LogP contribution in [0.25, 0.3) is 0 Å². The van der Waals surface area contributed by atoms with Crippen LogP contribution in [-0.4, -0.2) is 41.1 Å². The molecule has 0 unspecified atom stereocenters. The van der Waals surface area contributed by atoms with Gasteiger partial charge in [-0.05, 0) is 0 Å². The van der Waals surface area contributed by atoms with E-state index in [0.29, 0.717) is 12.4 Å². The molecule has 0 spiro atoms. The smallest absolute Gasteiger partial charge is 0.208 e. The molecule has 0 saturated heterocycles. The second-order valence-corrected chi connectivity index (χ2v) is 4.60. The highest BCUT2D eigenvalue weighted by Gasteiger charge is 2.03. The molecule has 80 valence electrons. The lowest BCUT2D eigenvalue weighted by atomic mass is 10.5. The van der Waals surface area contributed by atoms with Gasteiger partial charge in [0, 0.05) is 13.1 Å². The molecular weight excluding hydrogens is 208 g/mol. The number of hydrogen-bond acceptors (Lipinski definition) is 5. The van der Waals surface area contributed by atoms with Gasteiger partial charge in [0.1, 0.15) is 12.9 Å². The molecule has 0 aromatic carbocycles. The van der Waals surface area contributed by atoms with Gasteiger partial charge in [-0.3, -0.25) is 0 Å². The highest BCUT2D eigenvalue weighted by molar-refractivity contribution is 7.88. The van der Waals surface area contributed by atoms with Crippen molar-refractivity contribution in [2.24, 2.45) is 0 Å². The predicted octanol–water partition coefficient (Wildman–Crippen LogP) is -1.68. The van der Waals surface area contributed by atoms with Gasteiger partial charge < -0.3 is 9.67 Å². The summed E-state index contributed by atoms with van der Waals surface area (Å²) < 4.78 is 25.3. The van der Waals surface area contributed by atoms with Crippen LogP contribution in [0.1, 0.15) is 5.82 Å². The quantitative estimate of drug-likeness (QED) is 0.617. The fourth-order valence-electron chi connectivity index (χ4n) is 0.940. The van der Waals surface area contributed by atoms with Crippen LogP contribution in [0.5, 0.6) is 0 Å². The molecule has 1 aromatic rings. The summed E-state index contributed by atoms with van der Waals surface area (Å²) in [5, 5.41) is 16.0. The average Bonchev–Trinajstić information content (AvgIpc) is 2.49. The van der Waals surface area contributed by atoms with E-state index in [1.165, 1.54) is 6.33 Å². The summed E-state index contributed by atoms with van der Waals surface area (Å²) in [6.45, 7) is 0.443. The summed E-state index contributed by atoms with van der Waals surface area (Å²) in [5.74, 6) is 0.417. The monoisotopic (exact) mass is 220 g/mol. The lowest BCUT2D eigenvalue weighted by Crippen LogP contribution is -2.26. The fourth-order valence-corrected chi connectivity index (χ4v) is 1.40. The maximum Gasteiger partial charge on any atom is 0.208 e. The summed E-state index contributed by atoms with van der Waals surface area (Å²) in [6, 6.07) is 0. The number of aliphatic hydroxyl groups excluding tert-OH is 1. The summed E-state index contributed by atoms with van der Waals surface area (Å²) in [5.41, 5.74) is 0. The van der Waals surface area contributed by atoms with E-state index < -0.39 is 10.0 Å².